The molecule has 0 aliphatic rings. The van der Waals surface area contributed by atoms with Crippen LogP contribution in [0.4, 0.5) is 4.79 Å². The molecule has 0 aliphatic carbocycles. The zero-order valence-electron chi connectivity index (χ0n) is 11.0. The average molecular weight is 244 g/mol. The lowest BCUT2D eigenvalue weighted by Crippen LogP contribution is -2.13. The summed E-state index contributed by atoms with van der Waals surface area (Å²) >= 11 is 0. The van der Waals surface area contributed by atoms with Gasteiger partial charge in [-0.3, -0.25) is 0 Å². The highest BCUT2D eigenvalue weighted by Crippen LogP contribution is 2.10. The maximum Gasteiger partial charge on any atom is 0.404 e. The summed E-state index contributed by atoms with van der Waals surface area (Å²) in [4.78, 5) is 10.3. The summed E-state index contributed by atoms with van der Waals surface area (Å²) in [6, 6.07) is 0. The molecule has 0 rings (SSSR count). The summed E-state index contributed by atoms with van der Waals surface area (Å²) in [5.74, 6) is 0. The molecule has 0 aromatic rings. The third kappa shape index (κ3) is 15.2. The molecule has 0 radical (unpaired) electrons. The maximum absolute atomic E-state index is 10.3. The Labute approximate surface area is 105 Å². The first-order valence-electron chi connectivity index (χ1n) is 6.89. The third-order valence-electron chi connectivity index (χ3n) is 2.84. The number of carbonyl (C=O) groups is 1. The van der Waals surface area contributed by atoms with E-state index in [9.17, 15) is 4.79 Å². The number of hydrogen-bond donors (Lipinski definition) is 2. The summed E-state index contributed by atoms with van der Waals surface area (Å²) < 4.78 is 4.65. The number of unbranched alkanes of at least 4 members (excludes halogenated alkanes) is 9. The first-order valence-corrected chi connectivity index (χ1v) is 6.89. The normalized spacial score (nSPS) is 10.4. The minimum absolute atomic E-state index is 0.467. The van der Waals surface area contributed by atoms with Gasteiger partial charge >= 0.3 is 6.09 Å². The molecule has 0 aromatic heterocycles. The Bertz CT molecular complexity index is 175. The van der Waals surface area contributed by atoms with E-state index in [0.717, 1.165) is 19.4 Å². The van der Waals surface area contributed by atoms with Crippen LogP contribution in [0.2, 0.25) is 0 Å². The molecule has 0 heterocycles. The van der Waals surface area contributed by atoms with Crippen molar-refractivity contribution in [3.05, 3.63) is 0 Å². The standard InChI is InChI=1S/C13H28N2O2/c14-11-9-7-5-3-1-2-4-6-8-10-12-17-13(15)16/h1-12,14H2,(H2,15,16). The maximum atomic E-state index is 10.3. The lowest BCUT2D eigenvalue weighted by Gasteiger charge is -2.03. The van der Waals surface area contributed by atoms with Crippen LogP contribution in [0.3, 0.4) is 0 Å². The molecule has 0 spiro atoms. The molecule has 1 amide bonds. The molecule has 0 aliphatic heterocycles. The van der Waals surface area contributed by atoms with Crippen molar-refractivity contribution in [2.75, 3.05) is 13.2 Å². The molecule has 4 heteroatoms. The minimum Gasteiger partial charge on any atom is -0.450 e. The number of ether oxygens (including phenoxy) is 1. The molecule has 0 atom stereocenters. The number of primary amides is 1. The molecular formula is C13H28N2O2. The molecule has 102 valence electrons. The van der Waals surface area contributed by atoms with Crippen LogP contribution in [0, 0.1) is 0 Å². The topological polar surface area (TPSA) is 78.3 Å². The van der Waals surface area contributed by atoms with E-state index in [1.807, 2.05) is 0 Å². The second-order valence-corrected chi connectivity index (χ2v) is 4.49. The summed E-state index contributed by atoms with van der Waals surface area (Å²) in [5.41, 5.74) is 10.3. The van der Waals surface area contributed by atoms with E-state index in [-0.39, 0.29) is 0 Å². The van der Waals surface area contributed by atoms with Gasteiger partial charge in [-0.15, -0.1) is 0 Å². The van der Waals surface area contributed by atoms with Crippen molar-refractivity contribution in [1.82, 2.24) is 0 Å². The van der Waals surface area contributed by atoms with E-state index in [1.54, 1.807) is 0 Å². The Hall–Kier alpha value is -0.770. The second kappa shape index (κ2) is 13.3. The number of rotatable bonds is 12. The van der Waals surface area contributed by atoms with Gasteiger partial charge < -0.3 is 16.2 Å². The molecule has 0 unspecified atom stereocenters. The lowest BCUT2D eigenvalue weighted by atomic mass is 10.1. The van der Waals surface area contributed by atoms with Gasteiger partial charge in [0.1, 0.15) is 0 Å². The molecule has 0 aromatic carbocycles. The number of carbonyl (C=O) groups excluding carboxylic acids is 1. The van der Waals surface area contributed by atoms with Crippen LogP contribution in [0.25, 0.3) is 0 Å². The van der Waals surface area contributed by atoms with Gasteiger partial charge in [0, 0.05) is 0 Å². The van der Waals surface area contributed by atoms with Crippen LogP contribution in [0.5, 0.6) is 0 Å². The molecule has 0 saturated carbocycles. The molecule has 17 heavy (non-hydrogen) atoms. The Morgan fingerprint density at radius 2 is 1.18 bits per heavy atom. The summed E-state index contributed by atoms with van der Waals surface area (Å²) in [6.45, 7) is 1.29. The monoisotopic (exact) mass is 244 g/mol. The van der Waals surface area contributed by atoms with Crippen molar-refractivity contribution >= 4 is 6.09 Å². The zero-order valence-corrected chi connectivity index (χ0v) is 11.0. The summed E-state index contributed by atoms with van der Waals surface area (Å²) in [7, 11) is 0. The summed E-state index contributed by atoms with van der Waals surface area (Å²) in [6.07, 6.45) is 11.7. The highest BCUT2D eigenvalue weighted by atomic mass is 16.5. The van der Waals surface area contributed by atoms with Crippen molar-refractivity contribution < 1.29 is 9.53 Å². The van der Waals surface area contributed by atoms with Crippen molar-refractivity contribution in [3.8, 4) is 0 Å². The Morgan fingerprint density at radius 1 is 0.765 bits per heavy atom. The van der Waals surface area contributed by atoms with E-state index in [4.69, 9.17) is 11.5 Å². The largest absolute Gasteiger partial charge is 0.450 e. The molecule has 0 fully saturated rings. The zero-order chi connectivity index (χ0) is 12.8. The first-order chi connectivity index (χ1) is 8.27. The highest BCUT2D eigenvalue weighted by Gasteiger charge is 1.95. The molecule has 4 nitrogen and oxygen atoms in total. The molecule has 0 saturated heterocycles. The van der Waals surface area contributed by atoms with E-state index >= 15 is 0 Å². The minimum atomic E-state index is -0.664. The van der Waals surface area contributed by atoms with Gasteiger partial charge in [0.2, 0.25) is 0 Å². The van der Waals surface area contributed by atoms with E-state index < -0.39 is 6.09 Å². The van der Waals surface area contributed by atoms with Crippen LogP contribution < -0.4 is 11.5 Å². The summed E-state index contributed by atoms with van der Waals surface area (Å²) in [5, 5.41) is 0. The van der Waals surface area contributed by atoms with Crippen molar-refractivity contribution in [2.45, 2.75) is 64.2 Å². The molecular weight excluding hydrogens is 216 g/mol. The van der Waals surface area contributed by atoms with E-state index in [0.29, 0.717) is 6.61 Å². The van der Waals surface area contributed by atoms with Gasteiger partial charge in [-0.05, 0) is 19.4 Å². The second-order valence-electron chi connectivity index (χ2n) is 4.49. The van der Waals surface area contributed by atoms with E-state index in [2.05, 4.69) is 4.74 Å². The quantitative estimate of drug-likeness (QED) is 0.518. The Morgan fingerprint density at radius 3 is 1.59 bits per heavy atom. The predicted octanol–water partition coefficient (Wildman–Crippen LogP) is 2.94. The fraction of sp³-hybridized carbons (Fsp3) is 0.923. The van der Waals surface area contributed by atoms with Gasteiger partial charge in [-0.2, -0.15) is 0 Å². The van der Waals surface area contributed by atoms with Crippen LogP contribution in [0.1, 0.15) is 64.2 Å². The third-order valence-corrected chi connectivity index (χ3v) is 2.84. The lowest BCUT2D eigenvalue weighted by molar-refractivity contribution is 0.154. The first kappa shape index (κ1) is 16.2. The SMILES string of the molecule is NCCCCCCCCCCCCOC(N)=O. The van der Waals surface area contributed by atoms with Gasteiger partial charge in [-0.1, -0.05) is 51.4 Å². The van der Waals surface area contributed by atoms with Crippen molar-refractivity contribution in [1.29, 1.82) is 0 Å². The number of nitrogens with two attached hydrogens (primary N) is 2. The highest BCUT2D eigenvalue weighted by molar-refractivity contribution is 5.64. The van der Waals surface area contributed by atoms with Crippen LogP contribution in [0.15, 0.2) is 0 Å². The number of hydrogen-bond acceptors (Lipinski definition) is 3. The Kier molecular flexibility index (Phi) is 12.7. The van der Waals surface area contributed by atoms with Gasteiger partial charge in [0.25, 0.3) is 0 Å². The number of amides is 1. The van der Waals surface area contributed by atoms with Gasteiger partial charge in [0.15, 0.2) is 0 Å². The fourth-order valence-corrected chi connectivity index (χ4v) is 1.83. The van der Waals surface area contributed by atoms with Crippen molar-refractivity contribution in [2.24, 2.45) is 11.5 Å². The van der Waals surface area contributed by atoms with Gasteiger partial charge in [0.05, 0.1) is 6.61 Å². The molecule has 0 bridgehead atoms. The van der Waals surface area contributed by atoms with Gasteiger partial charge in [-0.25, -0.2) is 4.79 Å². The average Bonchev–Trinajstić information content (AvgIpc) is 2.30. The van der Waals surface area contributed by atoms with Crippen molar-refractivity contribution in [3.63, 3.8) is 0 Å². The fourth-order valence-electron chi connectivity index (χ4n) is 1.83. The van der Waals surface area contributed by atoms with Crippen LogP contribution in [-0.2, 0) is 4.74 Å². The predicted molar refractivity (Wildman–Crippen MR) is 70.8 cm³/mol. The smallest absolute Gasteiger partial charge is 0.404 e. The Balaban J connectivity index is 2.91. The van der Waals surface area contributed by atoms with E-state index in [1.165, 1.54) is 51.4 Å². The molecule has 4 N–H and O–H groups in total. The van der Waals surface area contributed by atoms with Crippen LogP contribution in [-0.4, -0.2) is 19.2 Å². The van der Waals surface area contributed by atoms with Crippen LogP contribution >= 0.6 is 0 Å².